The summed E-state index contributed by atoms with van der Waals surface area (Å²) in [6, 6.07) is 0. The van der Waals surface area contributed by atoms with Crippen molar-refractivity contribution in [3.05, 3.63) is 0 Å². The Kier molecular flexibility index (Phi) is 2.55. The molecule has 3 heteroatoms. The van der Waals surface area contributed by atoms with Gasteiger partial charge >= 0.3 is 0 Å². The molecule has 0 aliphatic heterocycles. The van der Waals surface area contributed by atoms with Crippen LogP contribution in [0.25, 0.3) is 0 Å². The quantitative estimate of drug-likeness (QED) is 0.546. The van der Waals surface area contributed by atoms with Gasteiger partial charge in [-0.2, -0.15) is 10.2 Å². The van der Waals surface area contributed by atoms with Crippen LogP contribution in [0.1, 0.15) is 6.92 Å². The molecule has 2 nitrogen and oxygen atoms in total. The molecule has 0 spiro atoms. The van der Waals surface area contributed by atoms with E-state index < -0.39 is 10.2 Å². The molecule has 0 fully saturated rings. The van der Waals surface area contributed by atoms with Crippen molar-refractivity contribution in [3.8, 4) is 0 Å². The lowest BCUT2D eigenvalue weighted by atomic mass is 10.7. The maximum atomic E-state index is 10.7. The number of rotatable bonds is 1. The third-order valence-corrected chi connectivity index (χ3v) is 3.17. The van der Waals surface area contributed by atoms with Gasteiger partial charge in [0.15, 0.2) is 0 Å². The Morgan fingerprint density at radius 3 is 1.67 bits per heavy atom. The highest BCUT2D eigenvalue weighted by molar-refractivity contribution is 8.30. The minimum Gasteiger partial charge on any atom is -0.309 e. The summed E-state index contributed by atoms with van der Waals surface area (Å²) in [5.74, 6) is 0.150. The van der Waals surface area contributed by atoms with Crippen LogP contribution in [-0.2, 0) is 4.79 Å². The largest absolute Gasteiger partial charge is 0.309 e. The zero-order chi connectivity index (χ0) is 7.65. The zero-order valence-electron chi connectivity index (χ0n) is 6.76. The van der Waals surface area contributed by atoms with Crippen molar-refractivity contribution in [1.82, 2.24) is 4.31 Å². The Morgan fingerprint density at radius 1 is 1.33 bits per heavy atom. The van der Waals surface area contributed by atoms with E-state index in [1.54, 1.807) is 11.2 Å². The molecular weight excluding hydrogens is 134 g/mol. The molecule has 1 amide bonds. The molecule has 0 radical (unpaired) electrons. The first-order chi connectivity index (χ1) is 3.85. The Morgan fingerprint density at radius 2 is 1.67 bits per heavy atom. The number of hydrogen-bond acceptors (Lipinski definition) is 1. The van der Waals surface area contributed by atoms with Crippen molar-refractivity contribution in [3.63, 3.8) is 0 Å². The standard InChI is InChI=1S/C6H15NOS/c1-6(8)7(2)9(3,4)5/h1-5H3. The van der Waals surface area contributed by atoms with Gasteiger partial charge < -0.3 is 4.31 Å². The van der Waals surface area contributed by atoms with Crippen LogP contribution in [0.2, 0.25) is 0 Å². The molecule has 0 aromatic rings. The Labute approximate surface area is 58.7 Å². The SMILES string of the molecule is CC(=O)N(C)S(C)(C)C. The predicted octanol–water partition coefficient (Wildman–Crippen LogP) is 1.07. The first-order valence-corrected chi connectivity index (χ1v) is 5.60. The van der Waals surface area contributed by atoms with Crippen molar-refractivity contribution < 1.29 is 4.79 Å². The molecule has 0 aliphatic carbocycles. The third-order valence-electron chi connectivity index (χ3n) is 1.27. The molecule has 0 rings (SSSR count). The van der Waals surface area contributed by atoms with E-state index >= 15 is 0 Å². The van der Waals surface area contributed by atoms with E-state index in [-0.39, 0.29) is 5.91 Å². The Hall–Kier alpha value is -0.180. The van der Waals surface area contributed by atoms with Crippen molar-refractivity contribution >= 4 is 16.1 Å². The van der Waals surface area contributed by atoms with Gasteiger partial charge in [-0.25, -0.2) is 0 Å². The lowest BCUT2D eigenvalue weighted by Crippen LogP contribution is -2.25. The fourth-order valence-electron chi connectivity index (χ4n) is 0.386. The average molecular weight is 149 g/mol. The summed E-state index contributed by atoms with van der Waals surface area (Å²) in [4.78, 5) is 10.7. The van der Waals surface area contributed by atoms with E-state index in [0.29, 0.717) is 0 Å². The average Bonchev–Trinajstić information content (AvgIpc) is 1.62. The summed E-state index contributed by atoms with van der Waals surface area (Å²) in [5, 5.41) is 0. The third kappa shape index (κ3) is 2.75. The van der Waals surface area contributed by atoms with E-state index in [1.165, 1.54) is 0 Å². The van der Waals surface area contributed by atoms with Crippen LogP contribution >= 0.6 is 10.2 Å². The van der Waals surface area contributed by atoms with Crippen molar-refractivity contribution in [2.75, 3.05) is 25.8 Å². The second-order valence-electron chi connectivity index (χ2n) is 2.79. The van der Waals surface area contributed by atoms with E-state index in [0.717, 1.165) is 0 Å². The maximum absolute atomic E-state index is 10.7. The van der Waals surface area contributed by atoms with E-state index in [1.807, 2.05) is 7.05 Å². The normalized spacial score (nSPS) is 13.0. The van der Waals surface area contributed by atoms with Crippen molar-refractivity contribution in [2.24, 2.45) is 0 Å². The van der Waals surface area contributed by atoms with Crippen LogP contribution in [0, 0.1) is 0 Å². The minimum atomic E-state index is -0.818. The van der Waals surface area contributed by atoms with Crippen molar-refractivity contribution in [2.45, 2.75) is 6.92 Å². The summed E-state index contributed by atoms with van der Waals surface area (Å²) >= 11 is 0. The van der Waals surface area contributed by atoms with Crippen LogP contribution in [0.5, 0.6) is 0 Å². The summed E-state index contributed by atoms with van der Waals surface area (Å²) in [6.45, 7) is 1.60. The molecule has 9 heavy (non-hydrogen) atoms. The molecule has 0 unspecified atom stereocenters. The monoisotopic (exact) mass is 149 g/mol. The first-order valence-electron chi connectivity index (χ1n) is 2.78. The summed E-state index contributed by atoms with van der Waals surface area (Å²) in [5.41, 5.74) is 0. The fourth-order valence-corrected chi connectivity index (χ4v) is 1.16. The zero-order valence-corrected chi connectivity index (χ0v) is 7.58. The lowest BCUT2D eigenvalue weighted by Gasteiger charge is -2.36. The molecule has 0 saturated heterocycles. The highest BCUT2D eigenvalue weighted by atomic mass is 32.3. The second kappa shape index (κ2) is 2.60. The summed E-state index contributed by atoms with van der Waals surface area (Å²) < 4.78 is 1.80. The number of carbonyl (C=O) groups excluding carboxylic acids is 1. The molecule has 56 valence electrons. The number of nitrogens with zero attached hydrogens (tertiary/aromatic N) is 1. The number of hydrogen-bond donors (Lipinski definition) is 0. The van der Waals surface area contributed by atoms with Crippen molar-refractivity contribution in [1.29, 1.82) is 0 Å². The van der Waals surface area contributed by atoms with Gasteiger partial charge in [-0.15, -0.1) is 0 Å². The van der Waals surface area contributed by atoms with Gasteiger partial charge in [0.2, 0.25) is 5.91 Å². The topological polar surface area (TPSA) is 20.3 Å². The first kappa shape index (κ1) is 8.82. The summed E-state index contributed by atoms with van der Waals surface area (Å²) in [6.07, 6.45) is 6.28. The Balaban J connectivity index is 4.04. The molecule has 0 aromatic carbocycles. The highest BCUT2D eigenvalue weighted by Crippen LogP contribution is 2.37. The fraction of sp³-hybridized carbons (Fsp3) is 0.833. The smallest absolute Gasteiger partial charge is 0.227 e. The molecule has 0 saturated carbocycles. The molecule has 0 bridgehead atoms. The Bertz CT molecular complexity index is 117. The molecule has 0 aromatic heterocycles. The van der Waals surface area contributed by atoms with Gasteiger partial charge in [-0.3, -0.25) is 4.79 Å². The van der Waals surface area contributed by atoms with E-state index in [9.17, 15) is 4.79 Å². The number of amides is 1. The van der Waals surface area contributed by atoms with Gasteiger partial charge in [0.25, 0.3) is 0 Å². The summed E-state index contributed by atoms with van der Waals surface area (Å²) in [7, 11) is 1.03. The van der Waals surface area contributed by atoms with Crippen LogP contribution < -0.4 is 0 Å². The van der Waals surface area contributed by atoms with Crippen LogP contribution in [0.4, 0.5) is 0 Å². The molecular formula is C6H15NOS. The highest BCUT2D eigenvalue weighted by Gasteiger charge is 2.12. The van der Waals surface area contributed by atoms with E-state index in [4.69, 9.17) is 0 Å². The molecule has 0 N–H and O–H groups in total. The lowest BCUT2D eigenvalue weighted by molar-refractivity contribution is -0.123. The van der Waals surface area contributed by atoms with Crippen LogP contribution in [0.15, 0.2) is 0 Å². The van der Waals surface area contributed by atoms with Crippen LogP contribution in [-0.4, -0.2) is 36.0 Å². The van der Waals surface area contributed by atoms with Gasteiger partial charge in [-0.1, -0.05) is 0 Å². The maximum Gasteiger partial charge on any atom is 0.227 e. The van der Waals surface area contributed by atoms with Crippen LogP contribution in [0.3, 0.4) is 0 Å². The second-order valence-corrected chi connectivity index (χ2v) is 6.88. The molecule has 0 aliphatic rings. The van der Waals surface area contributed by atoms with Gasteiger partial charge in [0.1, 0.15) is 0 Å². The predicted molar refractivity (Wildman–Crippen MR) is 43.8 cm³/mol. The minimum absolute atomic E-state index is 0.150. The molecule has 0 heterocycles. The molecule has 0 atom stereocenters. The van der Waals surface area contributed by atoms with Gasteiger partial charge in [0, 0.05) is 14.0 Å². The number of carbonyl (C=O) groups is 1. The van der Waals surface area contributed by atoms with E-state index in [2.05, 4.69) is 18.8 Å². The van der Waals surface area contributed by atoms with Gasteiger partial charge in [0.05, 0.1) is 0 Å². The van der Waals surface area contributed by atoms with Gasteiger partial charge in [-0.05, 0) is 18.8 Å².